The molecule has 0 aromatic heterocycles. The summed E-state index contributed by atoms with van der Waals surface area (Å²) in [7, 11) is -1.65. The Morgan fingerprint density at radius 1 is 0.724 bits per heavy atom. The molecular weight excluding hydrogens is 817 g/mol. The molecule has 0 aromatic carbocycles. The molecule has 4 amide bonds. The molecule has 4 rings (SSSR count). The molecule has 4 saturated heterocycles. The summed E-state index contributed by atoms with van der Waals surface area (Å²) in [6.45, 7) is 10.1. The van der Waals surface area contributed by atoms with Crippen LogP contribution in [-0.2, 0) is 44.1 Å². The van der Waals surface area contributed by atoms with E-state index in [9.17, 15) is 43.6 Å². The van der Waals surface area contributed by atoms with Gasteiger partial charge in [0, 0.05) is 13.0 Å². The summed E-state index contributed by atoms with van der Waals surface area (Å²) in [6, 6.07) is -1.72. The minimum atomic E-state index is -3.93. The normalized spacial score (nSPS) is 24.6. The molecule has 4 heterocycles. The Kier molecular flexibility index (Phi) is 19.7. The minimum Gasteiger partial charge on any atom is -0.426 e. The maximum atomic E-state index is 13.1. The molecule has 5 N–H and O–H groups in total. The standard InChI is InChI=1S/C36H65BN8O12.Ga/c1-26(2)34(35(54)39-27(3)36(55)45-13-9-10-28(45)37(56)57)40-29(46)11-7-5-4-6-8-12-38-30(47)22-41-14-16-42(23-31(48)49)18-20-44(25-33(52)53)21-19-43(17-15-41)24-32(50)51;/h26-28,34,56-57H,4-25H2,1-3H3,(H,38,47)(H,39,54)(H,40,46)(H,48,49)(H,50,51)(H,52,53);/q;+3/p-3/t27-,28+,34+;/m1./s1. The second-order valence-corrected chi connectivity index (χ2v) is 18.6. The van der Waals surface area contributed by atoms with Crippen LogP contribution in [0.5, 0.6) is 0 Å². The van der Waals surface area contributed by atoms with Crippen molar-refractivity contribution in [2.45, 2.75) is 90.2 Å². The number of nitrogens with one attached hydrogen (secondary N) is 3. The van der Waals surface area contributed by atoms with Crippen molar-refractivity contribution < 1.29 is 54.2 Å². The Hall–Kier alpha value is -3.25. The molecule has 58 heavy (non-hydrogen) atoms. The number of unbranched alkanes of at least 4 members (excludes halogenated alkanes) is 4. The van der Waals surface area contributed by atoms with Crippen molar-refractivity contribution >= 4 is 66.0 Å². The van der Waals surface area contributed by atoms with Gasteiger partial charge in [0.2, 0.25) is 17.7 Å². The summed E-state index contributed by atoms with van der Waals surface area (Å²) in [5.41, 5.74) is 0. The average Bonchev–Trinajstić information content (AvgIpc) is 3.64. The topological polar surface area (TPSA) is 240 Å². The van der Waals surface area contributed by atoms with Crippen molar-refractivity contribution in [3.8, 4) is 0 Å². The zero-order chi connectivity index (χ0) is 42.2. The molecule has 324 valence electrons. The number of likely N-dealkylation sites (tertiary alicyclic amines) is 1. The third-order valence-electron chi connectivity index (χ3n) is 10.9. The fraction of sp³-hybridized carbons (Fsp3) is 0.806. The van der Waals surface area contributed by atoms with Gasteiger partial charge in [-0.25, -0.2) is 0 Å². The van der Waals surface area contributed by atoms with Crippen molar-refractivity contribution in [1.29, 1.82) is 0 Å². The van der Waals surface area contributed by atoms with Gasteiger partial charge in [-0.05, 0) is 32.1 Å². The molecular formula is C36H62BGaN8O12. The second kappa shape index (κ2) is 24.1. The van der Waals surface area contributed by atoms with Crippen LogP contribution in [-0.4, -0.2) is 210 Å². The molecule has 4 aliphatic heterocycles. The van der Waals surface area contributed by atoms with E-state index in [1.165, 1.54) is 4.90 Å². The van der Waals surface area contributed by atoms with Gasteiger partial charge >= 0.3 is 194 Å². The summed E-state index contributed by atoms with van der Waals surface area (Å²) in [6.07, 6.45) is 5.27. The van der Waals surface area contributed by atoms with Gasteiger partial charge in [0.05, 0.1) is 5.94 Å². The van der Waals surface area contributed by atoms with Crippen LogP contribution in [0.15, 0.2) is 0 Å². The van der Waals surface area contributed by atoms with Gasteiger partial charge in [-0.15, -0.1) is 0 Å². The van der Waals surface area contributed by atoms with Crippen LogP contribution in [0.1, 0.15) is 72.1 Å². The van der Waals surface area contributed by atoms with Crippen LogP contribution in [0, 0.1) is 5.92 Å². The Morgan fingerprint density at radius 2 is 1.24 bits per heavy atom. The smallest absolute Gasteiger partial charge is 0.426 e. The summed E-state index contributed by atoms with van der Waals surface area (Å²) < 4.78 is 16.1. The van der Waals surface area contributed by atoms with E-state index in [4.69, 9.17) is 10.6 Å². The zero-order valence-corrected chi connectivity index (χ0v) is 36.7. The van der Waals surface area contributed by atoms with Crippen LogP contribution in [0.3, 0.4) is 0 Å². The number of carbonyl (C=O) groups excluding carboxylic acids is 7. The van der Waals surface area contributed by atoms with Gasteiger partial charge in [0.1, 0.15) is 12.1 Å². The maximum Gasteiger partial charge on any atom is 0.475 e. The molecule has 0 aromatic rings. The van der Waals surface area contributed by atoms with Crippen molar-refractivity contribution in [3.05, 3.63) is 0 Å². The summed E-state index contributed by atoms with van der Waals surface area (Å²) in [4.78, 5) is 99.0. The Morgan fingerprint density at radius 3 is 1.78 bits per heavy atom. The van der Waals surface area contributed by atoms with Crippen molar-refractivity contribution in [2.75, 3.05) is 91.6 Å². The minimum absolute atomic E-state index is 0.00992. The number of hydrogen-bond acceptors (Lipinski definition) is 16. The molecule has 0 aliphatic carbocycles. The van der Waals surface area contributed by atoms with E-state index in [1.54, 1.807) is 6.92 Å². The molecule has 2 unspecified atom stereocenters. The molecule has 0 saturated carbocycles. The first-order valence-electron chi connectivity index (χ1n) is 20.7. The molecule has 22 heteroatoms. The quantitative estimate of drug-likeness (QED) is 0.0765. The van der Waals surface area contributed by atoms with E-state index < -0.39 is 72.2 Å². The Labute approximate surface area is 347 Å². The van der Waals surface area contributed by atoms with E-state index in [1.807, 2.05) is 33.4 Å². The van der Waals surface area contributed by atoms with Crippen molar-refractivity contribution in [2.24, 2.45) is 5.92 Å². The predicted octanol–water partition coefficient (Wildman–Crippen LogP) is -3.04. The molecule has 5 atom stereocenters. The number of carbonyl (C=O) groups is 7. The Balaban J connectivity index is 1.14. The first-order chi connectivity index (χ1) is 27.7. The van der Waals surface area contributed by atoms with Crippen LogP contribution in [0.4, 0.5) is 0 Å². The fourth-order valence-corrected chi connectivity index (χ4v) is 9.59. The number of fused-ring (bicyclic) bond motifs is 7. The van der Waals surface area contributed by atoms with Crippen LogP contribution < -0.4 is 16.0 Å². The molecule has 4 fully saturated rings. The van der Waals surface area contributed by atoms with Crippen LogP contribution >= 0.6 is 0 Å². The van der Waals surface area contributed by atoms with E-state index in [0.717, 1.165) is 25.7 Å². The van der Waals surface area contributed by atoms with Gasteiger partial charge in [-0.2, -0.15) is 0 Å². The summed E-state index contributed by atoms with van der Waals surface area (Å²) in [5, 5.41) is 27.7. The second-order valence-electron chi connectivity index (χ2n) is 15.9. The third-order valence-corrected chi connectivity index (χ3v) is 13.7. The van der Waals surface area contributed by atoms with Gasteiger partial charge in [0.15, 0.2) is 0 Å². The van der Waals surface area contributed by atoms with Gasteiger partial charge < -0.3 is 25.6 Å². The SMILES string of the molecule is CC(C)[C@H](NC(=O)CCCCCCCNC(=O)CN1CCN2CCN3CCN(CC1)CC(=O)[O][Ga]([O]C(=O)C2)[O]C(=O)C3)C(=O)N[C@H](C)C(=O)N1CCC[C@H]1B(O)O. The van der Waals surface area contributed by atoms with Crippen LogP contribution in [0.25, 0.3) is 0 Å². The fourth-order valence-electron chi connectivity index (χ4n) is 7.46. The molecule has 0 spiro atoms. The first-order valence-corrected chi connectivity index (χ1v) is 23.7. The average molecular weight is 879 g/mol. The number of hydrogen-bond donors (Lipinski definition) is 5. The van der Waals surface area contributed by atoms with Crippen LogP contribution in [0.2, 0.25) is 0 Å². The Bertz CT molecular complexity index is 1400. The maximum absolute atomic E-state index is 13.1. The van der Waals surface area contributed by atoms with E-state index in [0.29, 0.717) is 84.7 Å². The van der Waals surface area contributed by atoms with Crippen molar-refractivity contribution in [1.82, 2.24) is 40.4 Å². The zero-order valence-electron chi connectivity index (χ0n) is 34.2. The molecule has 4 aliphatic rings. The van der Waals surface area contributed by atoms with Gasteiger partial charge in [0.25, 0.3) is 0 Å². The summed E-state index contributed by atoms with van der Waals surface area (Å²) >= 11 is -3.93. The largest absolute Gasteiger partial charge is 0.475 e. The van der Waals surface area contributed by atoms with Gasteiger partial charge in [-0.1, -0.05) is 33.1 Å². The molecule has 0 radical (unpaired) electrons. The third kappa shape index (κ3) is 16.1. The van der Waals surface area contributed by atoms with E-state index in [2.05, 4.69) is 16.0 Å². The van der Waals surface area contributed by atoms with Gasteiger partial charge in [-0.3, -0.25) is 14.4 Å². The number of amides is 4. The summed E-state index contributed by atoms with van der Waals surface area (Å²) in [5.74, 6) is -3.98. The number of nitrogens with zero attached hydrogens (tertiary/aromatic N) is 5. The number of rotatable bonds is 16. The predicted molar refractivity (Wildman–Crippen MR) is 210 cm³/mol. The molecule has 20 nitrogen and oxygen atoms in total. The first kappa shape index (κ1) is 47.4. The van der Waals surface area contributed by atoms with E-state index >= 15 is 0 Å². The van der Waals surface area contributed by atoms with E-state index in [-0.39, 0.29) is 50.3 Å². The molecule has 4 bridgehead atoms. The monoisotopic (exact) mass is 878 g/mol. The van der Waals surface area contributed by atoms with Crippen molar-refractivity contribution in [3.63, 3.8) is 0 Å².